The zero-order valence-electron chi connectivity index (χ0n) is 11.1. The van der Waals surface area contributed by atoms with Crippen molar-refractivity contribution in [3.8, 4) is 0 Å². The van der Waals surface area contributed by atoms with E-state index in [0.717, 1.165) is 25.7 Å². The number of rotatable bonds is 4. The van der Waals surface area contributed by atoms with Gasteiger partial charge >= 0.3 is 0 Å². The molecule has 0 unspecified atom stereocenters. The molecule has 1 spiro atoms. The van der Waals surface area contributed by atoms with Gasteiger partial charge in [-0.15, -0.1) is 0 Å². The molecule has 6 heteroatoms. The fourth-order valence-electron chi connectivity index (χ4n) is 2.70. The molecule has 2 aliphatic rings. The van der Waals surface area contributed by atoms with Gasteiger partial charge in [0.25, 0.3) is 0 Å². The summed E-state index contributed by atoms with van der Waals surface area (Å²) in [6.45, 7) is 5.14. The third-order valence-electron chi connectivity index (χ3n) is 3.46. The van der Waals surface area contributed by atoms with E-state index in [9.17, 15) is 8.42 Å². The molecule has 1 N–H and O–H groups in total. The second kappa shape index (κ2) is 5.45. The molecule has 106 valence electrons. The van der Waals surface area contributed by atoms with Crippen molar-refractivity contribution in [1.29, 1.82) is 0 Å². The molecule has 1 aliphatic carbocycles. The molecule has 0 aromatic rings. The maximum absolute atomic E-state index is 11.8. The Morgan fingerprint density at radius 2 is 1.78 bits per heavy atom. The summed E-state index contributed by atoms with van der Waals surface area (Å²) in [5.74, 6) is -0.0688. The van der Waals surface area contributed by atoms with E-state index in [-0.39, 0.29) is 17.7 Å². The summed E-state index contributed by atoms with van der Waals surface area (Å²) in [5.41, 5.74) is 0. The molecular weight excluding hydrogens is 254 g/mol. The van der Waals surface area contributed by atoms with Gasteiger partial charge in [0, 0.05) is 18.9 Å². The van der Waals surface area contributed by atoms with E-state index in [1.165, 1.54) is 0 Å². The maximum atomic E-state index is 11.8. The van der Waals surface area contributed by atoms with Crippen LogP contribution in [-0.2, 0) is 19.5 Å². The lowest BCUT2D eigenvalue weighted by atomic mass is 9.91. The van der Waals surface area contributed by atoms with Gasteiger partial charge < -0.3 is 9.47 Å². The number of hydrogen-bond acceptors (Lipinski definition) is 4. The van der Waals surface area contributed by atoms with E-state index in [0.29, 0.717) is 13.2 Å². The van der Waals surface area contributed by atoms with Crippen molar-refractivity contribution in [3.05, 3.63) is 0 Å². The van der Waals surface area contributed by atoms with Crippen molar-refractivity contribution >= 4 is 10.0 Å². The van der Waals surface area contributed by atoms with Crippen LogP contribution >= 0.6 is 0 Å². The molecule has 18 heavy (non-hydrogen) atoms. The first-order valence-electron chi connectivity index (χ1n) is 6.69. The predicted octanol–water partition coefficient (Wildman–Crippen LogP) is 1.25. The van der Waals surface area contributed by atoms with E-state index < -0.39 is 15.8 Å². The SMILES string of the molecule is CC(C)CS(=O)(=O)NC1CCC2(CC1)OCCO2. The highest BCUT2D eigenvalue weighted by Gasteiger charge is 2.40. The van der Waals surface area contributed by atoms with Crippen molar-refractivity contribution < 1.29 is 17.9 Å². The molecule has 5 nitrogen and oxygen atoms in total. The zero-order chi connectivity index (χ0) is 13.2. The van der Waals surface area contributed by atoms with E-state index in [1.54, 1.807) is 0 Å². The maximum Gasteiger partial charge on any atom is 0.212 e. The second-order valence-electron chi connectivity index (χ2n) is 5.67. The molecule has 1 saturated heterocycles. The minimum Gasteiger partial charge on any atom is -0.348 e. The smallest absolute Gasteiger partial charge is 0.212 e. The summed E-state index contributed by atoms with van der Waals surface area (Å²) < 4.78 is 37.7. The monoisotopic (exact) mass is 277 g/mol. The van der Waals surface area contributed by atoms with E-state index in [2.05, 4.69) is 4.72 Å². The number of ether oxygens (including phenoxy) is 2. The first kappa shape index (κ1) is 14.2. The van der Waals surface area contributed by atoms with Crippen LogP contribution in [-0.4, -0.2) is 39.2 Å². The fourth-order valence-corrected chi connectivity index (χ4v) is 4.42. The molecule has 0 amide bonds. The highest BCUT2D eigenvalue weighted by molar-refractivity contribution is 7.89. The lowest BCUT2D eigenvalue weighted by Crippen LogP contribution is -2.44. The van der Waals surface area contributed by atoms with Crippen molar-refractivity contribution in [2.75, 3.05) is 19.0 Å². The molecule has 0 aromatic carbocycles. The molecule has 1 aliphatic heterocycles. The van der Waals surface area contributed by atoms with Gasteiger partial charge in [-0.1, -0.05) is 13.8 Å². The zero-order valence-corrected chi connectivity index (χ0v) is 12.0. The summed E-state index contributed by atoms with van der Waals surface area (Å²) in [4.78, 5) is 0. The summed E-state index contributed by atoms with van der Waals surface area (Å²) in [6.07, 6.45) is 3.14. The Morgan fingerprint density at radius 3 is 2.28 bits per heavy atom. The van der Waals surface area contributed by atoms with Crippen LogP contribution in [0.2, 0.25) is 0 Å². The van der Waals surface area contributed by atoms with Crippen LogP contribution in [0.1, 0.15) is 39.5 Å². The lowest BCUT2D eigenvalue weighted by molar-refractivity contribution is -0.178. The van der Waals surface area contributed by atoms with Gasteiger partial charge in [-0.3, -0.25) is 0 Å². The van der Waals surface area contributed by atoms with Gasteiger partial charge in [-0.2, -0.15) is 0 Å². The van der Waals surface area contributed by atoms with E-state index in [1.807, 2.05) is 13.8 Å². The summed E-state index contributed by atoms with van der Waals surface area (Å²) in [7, 11) is -3.15. The lowest BCUT2D eigenvalue weighted by Gasteiger charge is -2.35. The molecule has 2 rings (SSSR count). The fraction of sp³-hybridized carbons (Fsp3) is 1.00. The van der Waals surface area contributed by atoms with Gasteiger partial charge in [0.05, 0.1) is 19.0 Å². The van der Waals surface area contributed by atoms with Crippen LogP contribution < -0.4 is 4.72 Å². The highest BCUT2D eigenvalue weighted by Crippen LogP contribution is 2.35. The van der Waals surface area contributed by atoms with Crippen molar-refractivity contribution in [2.24, 2.45) is 5.92 Å². The second-order valence-corrected chi connectivity index (χ2v) is 7.47. The van der Waals surface area contributed by atoms with Crippen LogP contribution in [0.15, 0.2) is 0 Å². The molecule has 0 atom stereocenters. The standard InChI is InChI=1S/C12H23NO4S/c1-10(2)9-18(14,15)13-11-3-5-12(6-4-11)16-7-8-17-12/h10-11,13H,3-9H2,1-2H3. The normalized spacial score (nSPS) is 25.1. The van der Waals surface area contributed by atoms with Crippen LogP contribution in [0.4, 0.5) is 0 Å². The molecule has 1 heterocycles. The quantitative estimate of drug-likeness (QED) is 0.840. The Bertz CT molecular complexity index is 364. The number of sulfonamides is 1. The number of nitrogens with one attached hydrogen (secondary N) is 1. The largest absolute Gasteiger partial charge is 0.348 e. The highest BCUT2D eigenvalue weighted by atomic mass is 32.2. The van der Waals surface area contributed by atoms with E-state index in [4.69, 9.17) is 9.47 Å². The Morgan fingerprint density at radius 1 is 1.22 bits per heavy atom. The molecule has 0 aromatic heterocycles. The average Bonchev–Trinajstić information content (AvgIpc) is 2.68. The third kappa shape index (κ3) is 3.66. The van der Waals surface area contributed by atoms with Crippen molar-refractivity contribution in [1.82, 2.24) is 4.72 Å². The topological polar surface area (TPSA) is 64.6 Å². The Kier molecular flexibility index (Phi) is 4.31. The van der Waals surface area contributed by atoms with Crippen LogP contribution in [0.3, 0.4) is 0 Å². The Labute approximate surface area is 109 Å². The van der Waals surface area contributed by atoms with Gasteiger partial charge in [0.2, 0.25) is 10.0 Å². The Hall–Kier alpha value is -0.170. The van der Waals surface area contributed by atoms with Gasteiger partial charge in [0.1, 0.15) is 0 Å². The molecule has 0 bridgehead atoms. The molecule has 0 radical (unpaired) electrons. The minimum absolute atomic E-state index is 0.0344. The van der Waals surface area contributed by atoms with Gasteiger partial charge in [0.15, 0.2) is 5.79 Å². The molecule has 2 fully saturated rings. The van der Waals surface area contributed by atoms with Crippen LogP contribution in [0.25, 0.3) is 0 Å². The first-order chi connectivity index (χ1) is 8.41. The van der Waals surface area contributed by atoms with Gasteiger partial charge in [-0.25, -0.2) is 13.1 Å². The predicted molar refractivity (Wildman–Crippen MR) is 68.7 cm³/mol. The minimum atomic E-state index is -3.15. The number of hydrogen-bond donors (Lipinski definition) is 1. The Balaban J connectivity index is 1.83. The summed E-state index contributed by atoms with van der Waals surface area (Å²) in [6, 6.07) is 0.0344. The van der Waals surface area contributed by atoms with Gasteiger partial charge in [-0.05, 0) is 18.8 Å². The van der Waals surface area contributed by atoms with Crippen molar-refractivity contribution in [2.45, 2.75) is 51.4 Å². The van der Waals surface area contributed by atoms with Crippen molar-refractivity contribution in [3.63, 3.8) is 0 Å². The molecular formula is C12H23NO4S. The first-order valence-corrected chi connectivity index (χ1v) is 8.34. The third-order valence-corrected chi connectivity index (χ3v) is 5.26. The summed E-state index contributed by atoms with van der Waals surface area (Å²) in [5, 5.41) is 0. The van der Waals surface area contributed by atoms with Crippen LogP contribution in [0.5, 0.6) is 0 Å². The molecule has 1 saturated carbocycles. The van der Waals surface area contributed by atoms with Crippen LogP contribution in [0, 0.1) is 5.92 Å². The average molecular weight is 277 g/mol. The summed E-state index contributed by atoms with van der Waals surface area (Å²) >= 11 is 0. The van der Waals surface area contributed by atoms with E-state index >= 15 is 0 Å².